The van der Waals surface area contributed by atoms with Crippen molar-refractivity contribution in [3.63, 3.8) is 0 Å². The lowest BCUT2D eigenvalue weighted by Gasteiger charge is -2.25. The molecule has 1 aliphatic heterocycles. The molecular formula is C30H42IN7O5S. The number of sulfonamides is 1. The van der Waals surface area contributed by atoms with E-state index in [1.54, 1.807) is 65.1 Å². The van der Waals surface area contributed by atoms with Gasteiger partial charge in [0, 0.05) is 37.1 Å². The van der Waals surface area contributed by atoms with Gasteiger partial charge in [0.05, 0.1) is 23.2 Å². The average molecular weight is 740 g/mol. The Morgan fingerprint density at radius 2 is 1.82 bits per heavy atom. The topological polar surface area (TPSA) is 156 Å². The number of aromatic nitrogens is 2. The normalized spacial score (nSPS) is 13.9. The lowest BCUT2D eigenvalue weighted by atomic mass is 10.1. The molecule has 1 aromatic heterocycles. The molecule has 44 heavy (non-hydrogen) atoms. The first kappa shape index (κ1) is 35.2. The van der Waals surface area contributed by atoms with Gasteiger partial charge in [-0.2, -0.15) is 9.82 Å². The summed E-state index contributed by atoms with van der Waals surface area (Å²) in [5.41, 5.74) is 2.43. The molecule has 0 radical (unpaired) electrons. The maximum atomic E-state index is 13.4. The van der Waals surface area contributed by atoms with Crippen LogP contribution in [0.5, 0.6) is 0 Å². The van der Waals surface area contributed by atoms with Crippen LogP contribution in [0.3, 0.4) is 0 Å². The van der Waals surface area contributed by atoms with Crippen LogP contribution in [0.15, 0.2) is 46.4 Å². The highest BCUT2D eigenvalue weighted by Gasteiger charge is 2.32. The smallest absolute Gasteiger partial charge is 0.326 e. The van der Waals surface area contributed by atoms with Gasteiger partial charge in [-0.15, -0.1) is 24.0 Å². The Morgan fingerprint density at radius 1 is 1.11 bits per heavy atom. The maximum absolute atomic E-state index is 13.4. The molecule has 0 bridgehead atoms. The Balaban J connectivity index is 0.00000529. The van der Waals surface area contributed by atoms with Crippen LogP contribution in [0.1, 0.15) is 54.2 Å². The second-order valence-corrected chi connectivity index (χ2v) is 13.4. The number of nitrogens with one attached hydrogen (secondary N) is 4. The lowest BCUT2D eigenvalue weighted by Crippen LogP contribution is -2.50. The fourth-order valence-corrected chi connectivity index (χ4v) is 6.68. The van der Waals surface area contributed by atoms with Crippen LogP contribution in [0.2, 0.25) is 0 Å². The van der Waals surface area contributed by atoms with Crippen molar-refractivity contribution < 1.29 is 22.7 Å². The van der Waals surface area contributed by atoms with Crippen LogP contribution in [-0.2, 0) is 26.1 Å². The van der Waals surface area contributed by atoms with E-state index in [1.165, 1.54) is 0 Å². The summed E-state index contributed by atoms with van der Waals surface area (Å²) in [6, 6.07) is 7.41. The first-order chi connectivity index (χ1) is 20.2. The van der Waals surface area contributed by atoms with Gasteiger partial charge in [0.25, 0.3) is 5.91 Å². The number of amides is 1. The third kappa shape index (κ3) is 9.14. The zero-order valence-electron chi connectivity index (χ0n) is 26.0. The van der Waals surface area contributed by atoms with Crippen molar-refractivity contribution in [1.29, 1.82) is 0 Å². The van der Waals surface area contributed by atoms with Crippen LogP contribution >= 0.6 is 24.0 Å². The van der Waals surface area contributed by atoms with Crippen molar-refractivity contribution in [2.45, 2.75) is 71.0 Å². The van der Waals surface area contributed by atoms with Crippen LogP contribution in [0.25, 0.3) is 10.9 Å². The quantitative estimate of drug-likeness (QED) is 0.133. The van der Waals surface area contributed by atoms with Gasteiger partial charge in [-0.3, -0.25) is 19.3 Å². The minimum atomic E-state index is -4.12. The number of aryl methyl sites for hydroxylation is 4. The molecule has 1 aliphatic rings. The number of fused-ring (bicyclic) bond motifs is 1. The van der Waals surface area contributed by atoms with Gasteiger partial charge in [-0.1, -0.05) is 17.7 Å². The molecule has 0 saturated carbocycles. The number of carbonyl (C=O) groups is 2. The largest absolute Gasteiger partial charge is 0.459 e. The van der Waals surface area contributed by atoms with Gasteiger partial charge in [0.1, 0.15) is 11.6 Å². The van der Waals surface area contributed by atoms with Gasteiger partial charge in [-0.05, 0) is 77.3 Å². The summed E-state index contributed by atoms with van der Waals surface area (Å²) in [5, 5.41) is 14.4. The third-order valence-electron chi connectivity index (χ3n) is 6.75. The molecular weight excluding hydrogens is 697 g/mol. The number of rotatable bonds is 11. The van der Waals surface area contributed by atoms with Crippen molar-refractivity contribution in [3.05, 3.63) is 58.8 Å². The first-order valence-electron chi connectivity index (χ1n) is 14.3. The van der Waals surface area contributed by atoms with E-state index in [0.29, 0.717) is 23.2 Å². The zero-order chi connectivity index (χ0) is 31.4. The summed E-state index contributed by atoms with van der Waals surface area (Å²) in [7, 11) is -4.12. The van der Waals surface area contributed by atoms with Crippen molar-refractivity contribution in [3.8, 4) is 0 Å². The molecule has 0 unspecified atom stereocenters. The fourth-order valence-electron chi connectivity index (χ4n) is 5.04. The highest BCUT2D eigenvalue weighted by atomic mass is 127. The van der Waals surface area contributed by atoms with Gasteiger partial charge < -0.3 is 20.7 Å². The van der Waals surface area contributed by atoms with E-state index in [9.17, 15) is 18.0 Å². The van der Waals surface area contributed by atoms with Crippen molar-refractivity contribution in [2.75, 3.05) is 26.2 Å². The number of esters is 1. The number of hydrogen-bond donors (Lipinski definition) is 4. The van der Waals surface area contributed by atoms with E-state index in [1.807, 2.05) is 17.7 Å². The number of carbonyl (C=O) groups excluding carboxylic acids is 2. The highest BCUT2D eigenvalue weighted by Crippen LogP contribution is 2.22. The standard InChI is InChI=1S/C30H41N7O5S.HI/c1-19-14-20(2)26(21(3)15-19)43(40,41)36-24(28(39)42-30(4,5)6)18-34-27(38)22-8-9-25-23(16-22)17-35-37(25)13-7-10-31-29-32-11-12-33-29;/h8-9,14-17,24,36H,7,10-13,18H2,1-6H3,(H,34,38)(H2,31,32,33);1H/t24-;/m0./s1. The molecule has 0 spiro atoms. The van der Waals surface area contributed by atoms with E-state index >= 15 is 0 Å². The lowest BCUT2D eigenvalue weighted by molar-refractivity contribution is -0.156. The minimum absolute atomic E-state index is 0. The molecule has 1 atom stereocenters. The minimum Gasteiger partial charge on any atom is -0.459 e. The molecule has 0 saturated heterocycles. The first-order valence-corrected chi connectivity index (χ1v) is 15.8. The van der Waals surface area contributed by atoms with E-state index in [0.717, 1.165) is 48.5 Å². The average Bonchev–Trinajstić information content (AvgIpc) is 3.56. The van der Waals surface area contributed by atoms with Gasteiger partial charge in [0.2, 0.25) is 10.0 Å². The summed E-state index contributed by atoms with van der Waals surface area (Å²) in [6.07, 6.45) is 2.54. The molecule has 14 heteroatoms. The van der Waals surface area contributed by atoms with E-state index in [2.05, 4.69) is 30.8 Å². The molecule has 2 heterocycles. The second-order valence-electron chi connectivity index (χ2n) is 11.7. The Morgan fingerprint density at radius 3 is 2.45 bits per heavy atom. The molecule has 0 fully saturated rings. The summed E-state index contributed by atoms with van der Waals surface area (Å²) >= 11 is 0. The number of hydrogen-bond acceptors (Lipinski definition) is 9. The Labute approximate surface area is 275 Å². The monoisotopic (exact) mass is 739 g/mol. The molecule has 12 nitrogen and oxygen atoms in total. The molecule has 3 aromatic rings. The van der Waals surface area contributed by atoms with Crippen molar-refractivity contribution in [1.82, 2.24) is 30.5 Å². The van der Waals surface area contributed by atoms with E-state index in [4.69, 9.17) is 4.74 Å². The molecule has 240 valence electrons. The van der Waals surface area contributed by atoms with Crippen LogP contribution < -0.4 is 20.7 Å². The molecule has 2 aromatic carbocycles. The summed E-state index contributed by atoms with van der Waals surface area (Å²) in [4.78, 5) is 30.6. The zero-order valence-corrected chi connectivity index (χ0v) is 29.1. The van der Waals surface area contributed by atoms with Gasteiger partial charge in [0.15, 0.2) is 5.96 Å². The predicted molar refractivity (Wildman–Crippen MR) is 181 cm³/mol. The van der Waals surface area contributed by atoms with Crippen LogP contribution in [-0.4, -0.2) is 73.9 Å². The number of aliphatic imine (C=N–C) groups is 1. The number of guanidine groups is 1. The number of ether oxygens (including phenoxy) is 1. The second kappa shape index (κ2) is 14.7. The fraction of sp³-hybridized carbons (Fsp3) is 0.467. The van der Waals surface area contributed by atoms with E-state index < -0.39 is 33.5 Å². The van der Waals surface area contributed by atoms with Crippen LogP contribution in [0, 0.1) is 20.8 Å². The number of benzene rings is 2. The Bertz CT molecular complexity index is 1620. The SMILES string of the molecule is Cc1cc(C)c(S(=O)(=O)N[C@@H](CNC(=O)c2ccc3c(cnn3CCCNC3=NCCN3)c2)C(=O)OC(C)(C)C)c(C)c1.I. The number of halogens is 1. The van der Waals surface area contributed by atoms with Gasteiger partial charge >= 0.3 is 5.97 Å². The Kier molecular flexibility index (Phi) is 11.8. The van der Waals surface area contributed by atoms with Gasteiger partial charge in [-0.25, -0.2) is 8.42 Å². The molecule has 1 amide bonds. The summed E-state index contributed by atoms with van der Waals surface area (Å²) in [6.45, 7) is 13.1. The third-order valence-corrected chi connectivity index (χ3v) is 8.52. The maximum Gasteiger partial charge on any atom is 0.326 e. The van der Waals surface area contributed by atoms with E-state index in [-0.39, 0.29) is 35.4 Å². The summed E-state index contributed by atoms with van der Waals surface area (Å²) in [5.74, 6) is -0.428. The van der Waals surface area contributed by atoms with Crippen molar-refractivity contribution in [2.24, 2.45) is 4.99 Å². The van der Waals surface area contributed by atoms with Crippen LogP contribution in [0.4, 0.5) is 0 Å². The highest BCUT2D eigenvalue weighted by molar-refractivity contribution is 14.0. The van der Waals surface area contributed by atoms with Crippen molar-refractivity contribution >= 4 is 62.7 Å². The number of nitrogens with zero attached hydrogens (tertiary/aromatic N) is 3. The molecule has 4 rings (SSSR count). The Hall–Kier alpha value is -3.24. The molecule has 4 N–H and O–H groups in total. The predicted octanol–water partition coefficient (Wildman–Crippen LogP) is 2.94. The molecule has 0 aliphatic carbocycles. The summed E-state index contributed by atoms with van der Waals surface area (Å²) < 4.78 is 36.7.